The summed E-state index contributed by atoms with van der Waals surface area (Å²) in [5.74, 6) is -1.37. The Balaban J connectivity index is 2.41. The van der Waals surface area contributed by atoms with E-state index in [0.29, 0.717) is 12.0 Å². The SMILES string of the molecule is CCc1ccc(S(=O)(=O)Nc2nccnn2)cc1C(=O)O. The first-order chi connectivity index (χ1) is 9.94. The number of carbonyl (C=O) groups is 1. The summed E-state index contributed by atoms with van der Waals surface area (Å²) in [5, 5.41) is 16.1. The van der Waals surface area contributed by atoms with E-state index in [0.717, 1.165) is 6.07 Å². The molecule has 0 amide bonds. The Kier molecular flexibility index (Phi) is 4.13. The Bertz CT molecular complexity index is 762. The average Bonchev–Trinajstić information content (AvgIpc) is 2.47. The lowest BCUT2D eigenvalue weighted by atomic mass is 10.1. The normalized spacial score (nSPS) is 11.1. The van der Waals surface area contributed by atoms with Gasteiger partial charge in [0.1, 0.15) is 0 Å². The van der Waals surface area contributed by atoms with E-state index in [1.165, 1.54) is 24.5 Å². The third-order valence-corrected chi connectivity index (χ3v) is 4.04. The van der Waals surface area contributed by atoms with Gasteiger partial charge in [-0.15, -0.1) is 5.10 Å². The lowest BCUT2D eigenvalue weighted by molar-refractivity contribution is 0.0695. The number of carboxylic acids is 1. The van der Waals surface area contributed by atoms with Crippen LogP contribution in [-0.2, 0) is 16.4 Å². The van der Waals surface area contributed by atoms with Crippen molar-refractivity contribution in [3.05, 3.63) is 41.7 Å². The Labute approximate surface area is 120 Å². The van der Waals surface area contributed by atoms with Gasteiger partial charge in [0.15, 0.2) is 0 Å². The van der Waals surface area contributed by atoms with Crippen molar-refractivity contribution in [3.63, 3.8) is 0 Å². The fourth-order valence-electron chi connectivity index (χ4n) is 1.70. The predicted octanol–water partition coefficient (Wildman–Crippen LogP) is 0.933. The second kappa shape index (κ2) is 5.83. The van der Waals surface area contributed by atoms with Crippen LogP contribution in [0.25, 0.3) is 0 Å². The zero-order chi connectivity index (χ0) is 15.5. The number of anilines is 1. The minimum absolute atomic E-state index is 0.0486. The van der Waals surface area contributed by atoms with Crippen molar-refractivity contribution in [1.29, 1.82) is 0 Å². The van der Waals surface area contributed by atoms with Gasteiger partial charge in [-0.1, -0.05) is 13.0 Å². The zero-order valence-electron chi connectivity index (χ0n) is 11.0. The van der Waals surface area contributed by atoms with Gasteiger partial charge in [-0.2, -0.15) is 5.10 Å². The first kappa shape index (κ1) is 14.9. The van der Waals surface area contributed by atoms with Gasteiger partial charge in [-0.25, -0.2) is 22.9 Å². The molecule has 1 aromatic heterocycles. The van der Waals surface area contributed by atoms with Crippen molar-refractivity contribution < 1.29 is 18.3 Å². The van der Waals surface area contributed by atoms with Gasteiger partial charge in [-0.3, -0.25) is 0 Å². The summed E-state index contributed by atoms with van der Waals surface area (Å²) in [4.78, 5) is 14.7. The molecule has 0 spiro atoms. The molecule has 0 fully saturated rings. The highest BCUT2D eigenvalue weighted by atomic mass is 32.2. The number of rotatable bonds is 5. The number of carboxylic acid groups (broad SMARTS) is 1. The molecule has 0 atom stereocenters. The molecule has 0 aliphatic carbocycles. The van der Waals surface area contributed by atoms with Crippen molar-refractivity contribution in [3.8, 4) is 0 Å². The van der Waals surface area contributed by atoms with Crippen molar-refractivity contribution >= 4 is 21.9 Å². The van der Waals surface area contributed by atoms with Crippen LogP contribution >= 0.6 is 0 Å². The van der Waals surface area contributed by atoms with Crippen molar-refractivity contribution in [2.75, 3.05) is 4.72 Å². The topological polar surface area (TPSA) is 122 Å². The molecular formula is C12H12N4O4S. The molecule has 0 aliphatic heterocycles. The Hall–Kier alpha value is -2.55. The summed E-state index contributed by atoms with van der Waals surface area (Å²) < 4.78 is 26.5. The van der Waals surface area contributed by atoms with Crippen LogP contribution in [0, 0.1) is 0 Å². The van der Waals surface area contributed by atoms with Gasteiger partial charge >= 0.3 is 5.97 Å². The molecular weight excluding hydrogens is 296 g/mol. The quantitative estimate of drug-likeness (QED) is 0.842. The number of nitrogens with zero attached hydrogens (tertiary/aromatic N) is 3. The summed E-state index contributed by atoms with van der Waals surface area (Å²) >= 11 is 0. The average molecular weight is 308 g/mol. The lowest BCUT2D eigenvalue weighted by Crippen LogP contribution is -2.16. The predicted molar refractivity (Wildman–Crippen MR) is 73.4 cm³/mol. The van der Waals surface area contributed by atoms with Gasteiger partial charge in [0, 0.05) is 0 Å². The molecule has 21 heavy (non-hydrogen) atoms. The largest absolute Gasteiger partial charge is 0.478 e. The van der Waals surface area contributed by atoms with Crippen molar-refractivity contribution in [2.45, 2.75) is 18.2 Å². The maximum absolute atomic E-state index is 12.2. The summed E-state index contributed by atoms with van der Waals surface area (Å²) in [5.41, 5.74) is 0.506. The smallest absolute Gasteiger partial charge is 0.336 e. The van der Waals surface area contributed by atoms with Gasteiger partial charge in [0.2, 0.25) is 0 Å². The van der Waals surface area contributed by atoms with E-state index in [1.54, 1.807) is 6.92 Å². The molecule has 2 rings (SSSR count). The van der Waals surface area contributed by atoms with Crippen LogP contribution in [0.2, 0.25) is 0 Å². The maximum atomic E-state index is 12.2. The molecule has 0 saturated carbocycles. The van der Waals surface area contributed by atoms with E-state index in [9.17, 15) is 13.2 Å². The fraction of sp³-hybridized carbons (Fsp3) is 0.167. The second-order valence-corrected chi connectivity index (χ2v) is 5.73. The third kappa shape index (κ3) is 3.31. The Morgan fingerprint density at radius 1 is 1.33 bits per heavy atom. The highest BCUT2D eigenvalue weighted by molar-refractivity contribution is 7.92. The molecule has 9 heteroatoms. The van der Waals surface area contributed by atoms with Crippen LogP contribution in [0.5, 0.6) is 0 Å². The van der Waals surface area contributed by atoms with Crippen LogP contribution < -0.4 is 4.72 Å². The molecule has 0 unspecified atom stereocenters. The maximum Gasteiger partial charge on any atom is 0.336 e. The molecule has 0 bridgehead atoms. The van der Waals surface area contributed by atoms with Crippen molar-refractivity contribution in [1.82, 2.24) is 15.2 Å². The van der Waals surface area contributed by atoms with Crippen LogP contribution in [0.15, 0.2) is 35.5 Å². The molecule has 0 saturated heterocycles. The summed E-state index contributed by atoms with van der Waals surface area (Å²) in [6.45, 7) is 1.79. The second-order valence-electron chi connectivity index (χ2n) is 4.05. The van der Waals surface area contributed by atoms with Crippen molar-refractivity contribution in [2.24, 2.45) is 0 Å². The highest BCUT2D eigenvalue weighted by Gasteiger charge is 2.19. The Morgan fingerprint density at radius 2 is 2.10 bits per heavy atom. The standard InChI is InChI=1S/C12H12N4O4S/c1-2-8-3-4-9(7-10(8)11(17)18)21(19,20)16-12-13-5-6-14-15-12/h3-7H,2H2,1H3,(H,17,18)(H,13,15,16). The van der Waals surface area contributed by atoms with Crippen LogP contribution in [0.4, 0.5) is 5.95 Å². The van der Waals surface area contributed by atoms with Gasteiger partial charge in [0.25, 0.3) is 16.0 Å². The summed E-state index contributed by atoms with van der Waals surface area (Å²) in [7, 11) is -3.97. The molecule has 8 nitrogen and oxygen atoms in total. The number of aryl methyl sites for hydroxylation is 1. The van der Waals surface area contributed by atoms with E-state index in [1.807, 2.05) is 0 Å². The molecule has 0 radical (unpaired) electrons. The molecule has 1 aromatic carbocycles. The number of nitrogens with one attached hydrogen (secondary N) is 1. The molecule has 110 valence electrons. The fourth-order valence-corrected chi connectivity index (χ4v) is 2.68. The van der Waals surface area contributed by atoms with E-state index in [-0.39, 0.29) is 16.4 Å². The first-order valence-corrected chi connectivity index (χ1v) is 7.45. The van der Waals surface area contributed by atoms with Gasteiger partial charge in [-0.05, 0) is 24.1 Å². The summed E-state index contributed by atoms with van der Waals surface area (Å²) in [6, 6.07) is 3.92. The van der Waals surface area contributed by atoms with Crippen LogP contribution in [0.1, 0.15) is 22.8 Å². The monoisotopic (exact) mass is 308 g/mol. The number of hydrogen-bond donors (Lipinski definition) is 2. The highest BCUT2D eigenvalue weighted by Crippen LogP contribution is 2.18. The van der Waals surface area contributed by atoms with E-state index < -0.39 is 16.0 Å². The summed E-state index contributed by atoms with van der Waals surface area (Å²) in [6.07, 6.45) is 3.07. The van der Waals surface area contributed by atoms with Gasteiger partial charge < -0.3 is 5.11 Å². The van der Waals surface area contributed by atoms with E-state index in [2.05, 4.69) is 19.9 Å². The molecule has 2 aromatic rings. The van der Waals surface area contributed by atoms with Gasteiger partial charge in [0.05, 0.1) is 22.9 Å². The lowest BCUT2D eigenvalue weighted by Gasteiger charge is -2.09. The minimum atomic E-state index is -3.97. The van der Waals surface area contributed by atoms with E-state index in [4.69, 9.17) is 5.11 Å². The van der Waals surface area contributed by atoms with Crippen LogP contribution in [-0.4, -0.2) is 34.7 Å². The minimum Gasteiger partial charge on any atom is -0.478 e. The zero-order valence-corrected chi connectivity index (χ0v) is 11.8. The van der Waals surface area contributed by atoms with Crippen LogP contribution in [0.3, 0.4) is 0 Å². The molecule has 2 N–H and O–H groups in total. The number of aromatic nitrogens is 3. The number of hydrogen-bond acceptors (Lipinski definition) is 6. The first-order valence-electron chi connectivity index (χ1n) is 5.96. The number of sulfonamides is 1. The number of benzene rings is 1. The van der Waals surface area contributed by atoms with E-state index >= 15 is 0 Å². The number of aromatic carboxylic acids is 1. The third-order valence-electron chi connectivity index (χ3n) is 2.71. The molecule has 1 heterocycles. The Morgan fingerprint density at radius 3 is 2.67 bits per heavy atom. The molecule has 0 aliphatic rings.